The maximum atomic E-state index is 3.42. The summed E-state index contributed by atoms with van der Waals surface area (Å²) < 4.78 is 0. The minimum Gasteiger partial charge on any atom is -0.316 e. The molecular weight excluding hydrogens is 172 g/mol. The van der Waals surface area contributed by atoms with Crippen LogP contribution in [-0.4, -0.2) is 36.6 Å². The first-order valence-corrected chi connectivity index (χ1v) is 6.23. The van der Waals surface area contributed by atoms with Gasteiger partial charge in [0.15, 0.2) is 0 Å². The van der Waals surface area contributed by atoms with Crippen LogP contribution in [0.15, 0.2) is 0 Å². The minimum atomic E-state index is 0.589. The van der Waals surface area contributed by atoms with E-state index in [1.165, 1.54) is 51.6 Å². The summed E-state index contributed by atoms with van der Waals surface area (Å²) in [7, 11) is 2.10. The zero-order valence-electron chi connectivity index (χ0n) is 9.68. The van der Waals surface area contributed by atoms with Gasteiger partial charge in [0.25, 0.3) is 0 Å². The van der Waals surface area contributed by atoms with Crippen LogP contribution in [0.25, 0.3) is 0 Å². The Morgan fingerprint density at radius 3 is 2.57 bits per heavy atom. The van der Waals surface area contributed by atoms with Crippen LogP contribution in [0.5, 0.6) is 0 Å². The summed E-state index contributed by atoms with van der Waals surface area (Å²) in [5.41, 5.74) is 0.589. The Bertz CT molecular complexity index is 185. The third kappa shape index (κ3) is 1.70. The molecule has 0 radical (unpaired) electrons. The Balaban J connectivity index is 1.99. The van der Waals surface area contributed by atoms with E-state index < -0.39 is 0 Å². The van der Waals surface area contributed by atoms with Gasteiger partial charge in [-0.2, -0.15) is 0 Å². The number of likely N-dealkylation sites (tertiary alicyclic amines) is 1. The number of nitrogens with zero attached hydrogens (tertiary/aromatic N) is 1. The van der Waals surface area contributed by atoms with Gasteiger partial charge in [0.2, 0.25) is 0 Å². The van der Waals surface area contributed by atoms with Gasteiger partial charge >= 0.3 is 0 Å². The number of hydrogen-bond acceptors (Lipinski definition) is 2. The van der Waals surface area contributed by atoms with Crippen LogP contribution in [0.1, 0.15) is 45.4 Å². The molecule has 14 heavy (non-hydrogen) atoms. The summed E-state index contributed by atoms with van der Waals surface area (Å²) in [5.74, 6) is 0. The van der Waals surface area contributed by atoms with Gasteiger partial charge in [-0.15, -0.1) is 0 Å². The molecule has 1 aliphatic carbocycles. The lowest BCUT2D eigenvalue weighted by atomic mass is 9.92. The molecule has 2 rings (SSSR count). The molecule has 0 aromatic heterocycles. The molecule has 1 saturated carbocycles. The second-order valence-electron chi connectivity index (χ2n) is 5.01. The lowest BCUT2D eigenvalue weighted by Crippen LogP contribution is -2.46. The number of likely N-dealkylation sites (N-methyl/N-ethyl adjacent to an activating group) is 1. The van der Waals surface area contributed by atoms with Crippen LogP contribution < -0.4 is 5.32 Å². The highest BCUT2D eigenvalue weighted by Gasteiger charge is 2.40. The highest BCUT2D eigenvalue weighted by Crippen LogP contribution is 2.39. The average molecular weight is 196 g/mol. The smallest absolute Gasteiger partial charge is 0.0207 e. The predicted octanol–water partition coefficient (Wildman–Crippen LogP) is 2.00. The molecule has 2 fully saturated rings. The Kier molecular flexibility index (Phi) is 3.13. The standard InChI is InChI=1S/C12H24N2/c1-3-12(7-4-5-8-12)14-9-6-11(10-14)13-2/h11,13H,3-10H2,1-2H3. The van der Waals surface area contributed by atoms with E-state index in [0.717, 1.165) is 6.04 Å². The molecule has 0 aromatic carbocycles. The molecule has 1 unspecified atom stereocenters. The largest absolute Gasteiger partial charge is 0.316 e. The van der Waals surface area contributed by atoms with Crippen molar-refractivity contribution in [3.05, 3.63) is 0 Å². The molecule has 2 nitrogen and oxygen atoms in total. The molecular formula is C12H24N2. The van der Waals surface area contributed by atoms with Gasteiger partial charge in [0, 0.05) is 24.7 Å². The fourth-order valence-electron chi connectivity index (χ4n) is 3.35. The van der Waals surface area contributed by atoms with Gasteiger partial charge in [-0.3, -0.25) is 4.90 Å². The van der Waals surface area contributed by atoms with Gasteiger partial charge in [0.1, 0.15) is 0 Å². The van der Waals surface area contributed by atoms with Crippen molar-refractivity contribution < 1.29 is 0 Å². The molecule has 1 heterocycles. The van der Waals surface area contributed by atoms with Crippen LogP contribution in [0.3, 0.4) is 0 Å². The first-order chi connectivity index (χ1) is 6.80. The van der Waals surface area contributed by atoms with Gasteiger partial charge < -0.3 is 5.32 Å². The Morgan fingerprint density at radius 2 is 2.07 bits per heavy atom. The van der Waals surface area contributed by atoms with E-state index in [9.17, 15) is 0 Å². The molecule has 0 spiro atoms. The minimum absolute atomic E-state index is 0.589. The molecule has 1 atom stereocenters. The second-order valence-corrected chi connectivity index (χ2v) is 5.01. The zero-order chi connectivity index (χ0) is 10.0. The fraction of sp³-hybridized carbons (Fsp3) is 1.00. The lowest BCUT2D eigenvalue weighted by molar-refractivity contribution is 0.114. The molecule has 0 aromatic rings. The van der Waals surface area contributed by atoms with E-state index in [0.29, 0.717) is 5.54 Å². The van der Waals surface area contributed by atoms with E-state index in [1.807, 2.05) is 0 Å². The number of rotatable bonds is 3. The predicted molar refractivity (Wildman–Crippen MR) is 60.5 cm³/mol. The Hall–Kier alpha value is -0.0800. The number of hydrogen-bond donors (Lipinski definition) is 1. The summed E-state index contributed by atoms with van der Waals surface area (Å²) >= 11 is 0. The summed E-state index contributed by atoms with van der Waals surface area (Å²) in [6.07, 6.45) is 8.49. The summed E-state index contributed by atoms with van der Waals surface area (Å²) in [4.78, 5) is 2.77. The topological polar surface area (TPSA) is 15.3 Å². The molecule has 1 saturated heterocycles. The van der Waals surface area contributed by atoms with Gasteiger partial charge in [0.05, 0.1) is 0 Å². The first kappa shape index (κ1) is 10.4. The number of nitrogens with one attached hydrogen (secondary N) is 1. The first-order valence-electron chi connectivity index (χ1n) is 6.23. The molecule has 0 amide bonds. The normalized spacial score (nSPS) is 32.6. The highest BCUT2D eigenvalue weighted by molar-refractivity contribution is 4.98. The summed E-state index contributed by atoms with van der Waals surface area (Å²) in [6, 6.07) is 0.749. The van der Waals surface area contributed by atoms with Crippen molar-refractivity contribution in [3.63, 3.8) is 0 Å². The second kappa shape index (κ2) is 4.19. The van der Waals surface area contributed by atoms with E-state index in [2.05, 4.69) is 24.2 Å². The van der Waals surface area contributed by atoms with Gasteiger partial charge in [-0.25, -0.2) is 0 Å². The quantitative estimate of drug-likeness (QED) is 0.743. The van der Waals surface area contributed by atoms with Crippen molar-refractivity contribution >= 4 is 0 Å². The van der Waals surface area contributed by atoms with E-state index in [-0.39, 0.29) is 0 Å². The third-order valence-electron chi connectivity index (χ3n) is 4.46. The van der Waals surface area contributed by atoms with Crippen molar-refractivity contribution in [2.75, 3.05) is 20.1 Å². The molecule has 2 aliphatic rings. The lowest BCUT2D eigenvalue weighted by Gasteiger charge is -2.38. The van der Waals surface area contributed by atoms with E-state index in [4.69, 9.17) is 0 Å². The van der Waals surface area contributed by atoms with Crippen LogP contribution >= 0.6 is 0 Å². The van der Waals surface area contributed by atoms with Crippen molar-refractivity contribution in [3.8, 4) is 0 Å². The molecule has 1 aliphatic heterocycles. The van der Waals surface area contributed by atoms with Crippen molar-refractivity contribution in [1.29, 1.82) is 0 Å². The molecule has 1 N–H and O–H groups in total. The third-order valence-corrected chi connectivity index (χ3v) is 4.46. The molecule has 2 heteroatoms. The fourth-order valence-corrected chi connectivity index (χ4v) is 3.35. The maximum absolute atomic E-state index is 3.42. The summed E-state index contributed by atoms with van der Waals surface area (Å²) in [6.45, 7) is 4.97. The highest BCUT2D eigenvalue weighted by atomic mass is 15.2. The Labute approximate surface area is 88.1 Å². The van der Waals surface area contributed by atoms with Gasteiger partial charge in [-0.1, -0.05) is 19.8 Å². The van der Waals surface area contributed by atoms with E-state index >= 15 is 0 Å². The van der Waals surface area contributed by atoms with Crippen molar-refractivity contribution in [2.24, 2.45) is 0 Å². The van der Waals surface area contributed by atoms with Crippen molar-refractivity contribution in [2.45, 2.75) is 57.0 Å². The SMILES string of the molecule is CCC1(N2CCC(NC)C2)CCCC1. The summed E-state index contributed by atoms with van der Waals surface area (Å²) in [5, 5.41) is 3.42. The average Bonchev–Trinajstić information content (AvgIpc) is 2.87. The molecule has 82 valence electrons. The van der Waals surface area contributed by atoms with E-state index in [1.54, 1.807) is 0 Å². The Morgan fingerprint density at radius 1 is 1.36 bits per heavy atom. The van der Waals surface area contributed by atoms with Crippen LogP contribution in [0.2, 0.25) is 0 Å². The van der Waals surface area contributed by atoms with Gasteiger partial charge in [-0.05, 0) is 32.7 Å². The van der Waals surface area contributed by atoms with Crippen LogP contribution in [0, 0.1) is 0 Å². The van der Waals surface area contributed by atoms with Crippen molar-refractivity contribution in [1.82, 2.24) is 10.2 Å². The zero-order valence-corrected chi connectivity index (χ0v) is 9.68. The van der Waals surface area contributed by atoms with Crippen LogP contribution in [-0.2, 0) is 0 Å². The molecule has 0 bridgehead atoms. The maximum Gasteiger partial charge on any atom is 0.0207 e. The monoisotopic (exact) mass is 196 g/mol. The van der Waals surface area contributed by atoms with Crippen LogP contribution in [0.4, 0.5) is 0 Å².